The summed E-state index contributed by atoms with van der Waals surface area (Å²) in [4.78, 5) is 16.2. The van der Waals surface area contributed by atoms with E-state index in [2.05, 4.69) is 4.98 Å². The number of fused-ring (bicyclic) bond motifs is 1. The average Bonchev–Trinajstić information content (AvgIpc) is 2.28. The lowest BCUT2D eigenvalue weighted by atomic mass is 10.1. The highest BCUT2D eigenvalue weighted by Crippen LogP contribution is 2.14. The Morgan fingerprint density at radius 3 is 2.75 bits per heavy atom. The molecule has 0 saturated heterocycles. The third-order valence-corrected chi connectivity index (χ3v) is 2.49. The van der Waals surface area contributed by atoms with Gasteiger partial charge in [-0.1, -0.05) is 13.8 Å². The number of hydrogen-bond acceptors (Lipinski definition) is 3. The van der Waals surface area contributed by atoms with E-state index in [1.54, 1.807) is 31.5 Å². The van der Waals surface area contributed by atoms with Crippen molar-refractivity contribution in [3.8, 4) is 5.75 Å². The minimum atomic E-state index is -0.0589. The molecule has 0 unspecified atom stereocenters. The van der Waals surface area contributed by atoms with Crippen molar-refractivity contribution in [2.45, 2.75) is 19.8 Å². The van der Waals surface area contributed by atoms with Gasteiger partial charge in [0.1, 0.15) is 11.4 Å². The van der Waals surface area contributed by atoms with Gasteiger partial charge in [0.15, 0.2) is 0 Å². The molecule has 2 rings (SSSR count). The SMILES string of the molecule is COc1ccn2c(=O)cc(C(C)C)nc2c1. The number of nitrogens with zero attached hydrogens (tertiary/aromatic N) is 2. The zero-order chi connectivity index (χ0) is 11.7. The van der Waals surface area contributed by atoms with Crippen LogP contribution in [0.1, 0.15) is 25.5 Å². The van der Waals surface area contributed by atoms with Crippen molar-refractivity contribution in [1.82, 2.24) is 9.38 Å². The Bertz CT molecular complexity index is 573. The Hall–Kier alpha value is -1.84. The van der Waals surface area contributed by atoms with Crippen LogP contribution in [-0.4, -0.2) is 16.5 Å². The summed E-state index contributed by atoms with van der Waals surface area (Å²) in [6, 6.07) is 5.07. The van der Waals surface area contributed by atoms with Crippen LogP contribution in [0.4, 0.5) is 0 Å². The molecule has 4 heteroatoms. The van der Waals surface area contributed by atoms with E-state index in [-0.39, 0.29) is 11.5 Å². The molecule has 0 N–H and O–H groups in total. The largest absolute Gasteiger partial charge is 0.497 e. The van der Waals surface area contributed by atoms with E-state index in [4.69, 9.17) is 4.74 Å². The summed E-state index contributed by atoms with van der Waals surface area (Å²) in [5.41, 5.74) is 1.37. The maximum Gasteiger partial charge on any atom is 0.258 e. The van der Waals surface area contributed by atoms with E-state index >= 15 is 0 Å². The third-order valence-electron chi connectivity index (χ3n) is 2.49. The standard InChI is InChI=1S/C12H14N2O2/c1-8(2)10-7-12(15)14-5-4-9(16-3)6-11(14)13-10/h4-8H,1-3H3. The Kier molecular flexibility index (Phi) is 2.64. The van der Waals surface area contributed by atoms with Gasteiger partial charge in [-0.3, -0.25) is 9.20 Å². The summed E-state index contributed by atoms with van der Waals surface area (Å²) < 4.78 is 6.62. The summed E-state index contributed by atoms with van der Waals surface area (Å²) in [5, 5.41) is 0. The molecule has 4 nitrogen and oxygen atoms in total. The predicted octanol–water partition coefficient (Wildman–Crippen LogP) is 1.83. The highest BCUT2D eigenvalue weighted by atomic mass is 16.5. The van der Waals surface area contributed by atoms with Crippen molar-refractivity contribution in [2.75, 3.05) is 7.11 Å². The number of ether oxygens (including phenoxy) is 1. The van der Waals surface area contributed by atoms with Gasteiger partial charge in [0.2, 0.25) is 0 Å². The molecular weight excluding hydrogens is 204 g/mol. The van der Waals surface area contributed by atoms with E-state index in [1.165, 1.54) is 4.40 Å². The quantitative estimate of drug-likeness (QED) is 0.772. The third kappa shape index (κ3) is 1.78. The summed E-state index contributed by atoms with van der Waals surface area (Å²) >= 11 is 0. The van der Waals surface area contributed by atoms with Gasteiger partial charge in [-0.05, 0) is 12.0 Å². The minimum absolute atomic E-state index is 0.0589. The van der Waals surface area contributed by atoms with Gasteiger partial charge >= 0.3 is 0 Å². The topological polar surface area (TPSA) is 43.6 Å². The zero-order valence-corrected chi connectivity index (χ0v) is 9.60. The Balaban J connectivity index is 2.73. The van der Waals surface area contributed by atoms with Crippen molar-refractivity contribution < 1.29 is 4.74 Å². The molecular formula is C12H14N2O2. The fourth-order valence-corrected chi connectivity index (χ4v) is 1.53. The molecule has 0 saturated carbocycles. The minimum Gasteiger partial charge on any atom is -0.497 e. The number of pyridine rings is 1. The molecule has 84 valence electrons. The molecule has 2 heterocycles. The van der Waals surface area contributed by atoms with Crippen molar-refractivity contribution >= 4 is 5.65 Å². The van der Waals surface area contributed by atoms with E-state index < -0.39 is 0 Å². The van der Waals surface area contributed by atoms with Crippen molar-refractivity contribution in [2.24, 2.45) is 0 Å². The lowest BCUT2D eigenvalue weighted by Gasteiger charge is -2.07. The molecule has 0 atom stereocenters. The van der Waals surface area contributed by atoms with E-state index in [1.807, 2.05) is 13.8 Å². The molecule has 0 aliphatic heterocycles. The average molecular weight is 218 g/mol. The van der Waals surface area contributed by atoms with Crippen molar-refractivity contribution in [3.05, 3.63) is 40.4 Å². The van der Waals surface area contributed by atoms with Crippen LogP contribution in [0.2, 0.25) is 0 Å². The maximum absolute atomic E-state index is 11.8. The fourth-order valence-electron chi connectivity index (χ4n) is 1.53. The Morgan fingerprint density at radius 2 is 2.12 bits per heavy atom. The number of hydrogen-bond donors (Lipinski definition) is 0. The Morgan fingerprint density at radius 1 is 1.38 bits per heavy atom. The van der Waals surface area contributed by atoms with E-state index in [9.17, 15) is 4.79 Å². The highest BCUT2D eigenvalue weighted by molar-refractivity contribution is 5.44. The van der Waals surface area contributed by atoms with Crippen LogP contribution in [0.5, 0.6) is 5.75 Å². The zero-order valence-electron chi connectivity index (χ0n) is 9.60. The summed E-state index contributed by atoms with van der Waals surface area (Å²) in [6.45, 7) is 4.02. The van der Waals surface area contributed by atoms with E-state index in [0.29, 0.717) is 11.4 Å². The molecule has 0 aliphatic carbocycles. The van der Waals surface area contributed by atoms with Gasteiger partial charge in [-0.25, -0.2) is 4.98 Å². The molecule has 16 heavy (non-hydrogen) atoms. The summed E-state index contributed by atoms with van der Waals surface area (Å²) in [6.07, 6.45) is 1.67. The van der Waals surface area contributed by atoms with Gasteiger partial charge in [0.05, 0.1) is 12.8 Å². The second-order valence-electron chi connectivity index (χ2n) is 3.97. The van der Waals surface area contributed by atoms with Gasteiger partial charge < -0.3 is 4.74 Å². The fraction of sp³-hybridized carbons (Fsp3) is 0.333. The second kappa shape index (κ2) is 3.96. The van der Waals surface area contributed by atoms with E-state index in [0.717, 1.165) is 5.69 Å². The lowest BCUT2D eigenvalue weighted by molar-refractivity contribution is 0.414. The molecule has 2 aromatic heterocycles. The highest BCUT2D eigenvalue weighted by Gasteiger charge is 2.06. The first-order valence-electron chi connectivity index (χ1n) is 5.19. The molecule has 0 radical (unpaired) electrons. The van der Waals surface area contributed by atoms with Crippen LogP contribution in [0, 0.1) is 0 Å². The normalized spacial score (nSPS) is 11.0. The predicted molar refractivity (Wildman–Crippen MR) is 62.1 cm³/mol. The van der Waals surface area contributed by atoms with Crippen molar-refractivity contribution in [1.29, 1.82) is 0 Å². The van der Waals surface area contributed by atoms with Gasteiger partial charge in [-0.15, -0.1) is 0 Å². The monoisotopic (exact) mass is 218 g/mol. The first kappa shape index (κ1) is 10.7. The van der Waals surface area contributed by atoms with Crippen LogP contribution < -0.4 is 10.3 Å². The van der Waals surface area contributed by atoms with Crippen LogP contribution >= 0.6 is 0 Å². The van der Waals surface area contributed by atoms with Crippen molar-refractivity contribution in [3.63, 3.8) is 0 Å². The molecule has 2 aromatic rings. The van der Waals surface area contributed by atoms with Crippen LogP contribution in [-0.2, 0) is 0 Å². The number of methoxy groups -OCH3 is 1. The molecule has 0 aromatic carbocycles. The lowest BCUT2D eigenvalue weighted by Crippen LogP contribution is -2.15. The second-order valence-corrected chi connectivity index (χ2v) is 3.97. The van der Waals surface area contributed by atoms with Crippen LogP contribution in [0.25, 0.3) is 5.65 Å². The molecule has 0 fully saturated rings. The smallest absolute Gasteiger partial charge is 0.258 e. The number of aromatic nitrogens is 2. The Labute approximate surface area is 93.5 Å². The maximum atomic E-state index is 11.8. The summed E-state index contributed by atoms with van der Waals surface area (Å²) in [7, 11) is 1.59. The summed E-state index contributed by atoms with van der Waals surface area (Å²) in [5.74, 6) is 0.941. The molecule has 0 amide bonds. The molecule has 0 aliphatic rings. The van der Waals surface area contributed by atoms with Crippen LogP contribution in [0.3, 0.4) is 0 Å². The number of rotatable bonds is 2. The molecule has 0 bridgehead atoms. The first-order chi connectivity index (χ1) is 7.61. The van der Waals surface area contributed by atoms with Gasteiger partial charge in [0.25, 0.3) is 5.56 Å². The van der Waals surface area contributed by atoms with Gasteiger partial charge in [0, 0.05) is 18.3 Å². The molecule has 0 spiro atoms. The van der Waals surface area contributed by atoms with Gasteiger partial charge in [-0.2, -0.15) is 0 Å². The first-order valence-corrected chi connectivity index (χ1v) is 5.19. The van der Waals surface area contributed by atoms with Crippen LogP contribution in [0.15, 0.2) is 29.2 Å².